The van der Waals surface area contributed by atoms with Crippen LogP contribution in [0, 0.1) is 5.92 Å². The Bertz CT molecular complexity index is 533. The number of nitrogens with one attached hydrogen (secondary N) is 1. The number of benzene rings is 2. The van der Waals surface area contributed by atoms with Gasteiger partial charge >= 0.3 is 0 Å². The molecule has 21 heavy (non-hydrogen) atoms. The lowest BCUT2D eigenvalue weighted by Gasteiger charge is -2.24. The van der Waals surface area contributed by atoms with E-state index in [-0.39, 0.29) is 0 Å². The molecule has 0 aromatic heterocycles. The highest BCUT2D eigenvalue weighted by atomic mass is 35.5. The van der Waals surface area contributed by atoms with Crippen LogP contribution in [0.25, 0.3) is 0 Å². The van der Waals surface area contributed by atoms with E-state index in [1.54, 1.807) is 0 Å². The maximum absolute atomic E-state index is 5.95. The van der Waals surface area contributed by atoms with Crippen molar-refractivity contribution in [3.8, 4) is 0 Å². The number of rotatable bonds is 6. The zero-order valence-electron chi connectivity index (χ0n) is 13.0. The minimum absolute atomic E-state index is 0.326. The van der Waals surface area contributed by atoms with Crippen LogP contribution in [0.5, 0.6) is 0 Å². The highest BCUT2D eigenvalue weighted by molar-refractivity contribution is 6.30. The van der Waals surface area contributed by atoms with Crippen LogP contribution in [0.1, 0.15) is 43.9 Å². The first-order valence-corrected chi connectivity index (χ1v) is 7.99. The fraction of sp³-hybridized carbons (Fsp3) is 0.368. The van der Waals surface area contributed by atoms with Crippen LogP contribution in [0.4, 0.5) is 0 Å². The molecular formula is C19H24ClN. The summed E-state index contributed by atoms with van der Waals surface area (Å²) in [6.45, 7) is 7.75. The van der Waals surface area contributed by atoms with Crippen molar-refractivity contribution in [2.24, 2.45) is 5.92 Å². The average Bonchev–Trinajstić information content (AvgIpc) is 2.48. The molecule has 2 heteroatoms. The van der Waals surface area contributed by atoms with Gasteiger partial charge in [-0.2, -0.15) is 0 Å². The first-order valence-electron chi connectivity index (χ1n) is 7.61. The zero-order valence-corrected chi connectivity index (χ0v) is 13.8. The Morgan fingerprint density at radius 3 is 2.05 bits per heavy atom. The van der Waals surface area contributed by atoms with E-state index in [9.17, 15) is 0 Å². The van der Waals surface area contributed by atoms with Crippen molar-refractivity contribution >= 4 is 11.6 Å². The molecule has 0 aliphatic carbocycles. The molecule has 1 unspecified atom stereocenters. The number of hydrogen-bond acceptors (Lipinski definition) is 1. The molecule has 0 saturated carbocycles. The molecule has 1 N–H and O–H groups in total. The summed E-state index contributed by atoms with van der Waals surface area (Å²) in [5.74, 6) is 1.14. The molecule has 0 bridgehead atoms. The van der Waals surface area contributed by atoms with Crippen molar-refractivity contribution in [3.05, 3.63) is 70.7 Å². The van der Waals surface area contributed by atoms with Crippen molar-refractivity contribution < 1.29 is 0 Å². The SMILES string of the molecule is CC(C)C(CN[C@@H](C)c1ccc(Cl)cc1)c1ccccc1. The van der Waals surface area contributed by atoms with Gasteiger partial charge in [0.25, 0.3) is 0 Å². The molecule has 0 amide bonds. The number of halogens is 1. The van der Waals surface area contributed by atoms with E-state index in [2.05, 4.69) is 68.6 Å². The van der Waals surface area contributed by atoms with Crippen molar-refractivity contribution in [2.45, 2.75) is 32.7 Å². The number of hydrogen-bond donors (Lipinski definition) is 1. The summed E-state index contributed by atoms with van der Waals surface area (Å²) < 4.78 is 0. The Labute approximate surface area is 133 Å². The molecule has 0 aliphatic heterocycles. The van der Waals surface area contributed by atoms with Crippen molar-refractivity contribution in [1.29, 1.82) is 0 Å². The van der Waals surface area contributed by atoms with Gasteiger partial charge in [0.2, 0.25) is 0 Å². The van der Waals surface area contributed by atoms with Gasteiger partial charge in [0.15, 0.2) is 0 Å². The molecule has 0 fully saturated rings. The second kappa shape index (κ2) is 7.63. The van der Waals surface area contributed by atoms with E-state index in [0.29, 0.717) is 17.9 Å². The quantitative estimate of drug-likeness (QED) is 0.750. The zero-order chi connectivity index (χ0) is 15.2. The summed E-state index contributed by atoms with van der Waals surface area (Å²) in [6.07, 6.45) is 0. The molecule has 1 nitrogen and oxygen atoms in total. The molecule has 2 aromatic carbocycles. The predicted octanol–water partition coefficient (Wildman–Crippen LogP) is 5.43. The molecule has 2 aromatic rings. The molecule has 2 rings (SSSR count). The van der Waals surface area contributed by atoms with Crippen LogP contribution in [0.2, 0.25) is 5.02 Å². The van der Waals surface area contributed by atoms with Gasteiger partial charge in [-0.3, -0.25) is 0 Å². The first kappa shape index (κ1) is 16.1. The molecule has 0 spiro atoms. The summed E-state index contributed by atoms with van der Waals surface area (Å²) in [7, 11) is 0. The van der Waals surface area contributed by atoms with Crippen molar-refractivity contribution in [2.75, 3.05) is 6.54 Å². The lowest BCUT2D eigenvalue weighted by Crippen LogP contribution is -2.27. The third kappa shape index (κ3) is 4.59. The fourth-order valence-corrected chi connectivity index (χ4v) is 2.74. The Morgan fingerprint density at radius 2 is 1.48 bits per heavy atom. The third-order valence-corrected chi connectivity index (χ3v) is 4.30. The molecule has 0 aliphatic rings. The van der Waals surface area contributed by atoms with Crippen LogP contribution >= 0.6 is 11.6 Å². The summed E-state index contributed by atoms with van der Waals surface area (Å²) in [5.41, 5.74) is 2.68. The summed E-state index contributed by atoms with van der Waals surface area (Å²) >= 11 is 5.95. The Kier molecular flexibility index (Phi) is 5.84. The van der Waals surface area contributed by atoms with Gasteiger partial charge < -0.3 is 5.32 Å². The van der Waals surface area contributed by atoms with Gasteiger partial charge in [0, 0.05) is 17.6 Å². The maximum atomic E-state index is 5.95. The van der Waals surface area contributed by atoms with E-state index in [1.807, 2.05) is 12.1 Å². The second-order valence-corrected chi connectivity index (χ2v) is 6.38. The van der Waals surface area contributed by atoms with Crippen LogP contribution < -0.4 is 5.32 Å². The Hall–Kier alpha value is -1.31. The van der Waals surface area contributed by atoms with E-state index in [4.69, 9.17) is 11.6 Å². The maximum Gasteiger partial charge on any atom is 0.0406 e. The van der Waals surface area contributed by atoms with Gasteiger partial charge in [-0.1, -0.05) is 67.9 Å². The molecular weight excluding hydrogens is 278 g/mol. The highest BCUT2D eigenvalue weighted by Gasteiger charge is 2.16. The van der Waals surface area contributed by atoms with E-state index in [1.165, 1.54) is 11.1 Å². The fourth-order valence-electron chi connectivity index (χ4n) is 2.61. The van der Waals surface area contributed by atoms with Crippen LogP contribution in [0.3, 0.4) is 0 Å². The van der Waals surface area contributed by atoms with Gasteiger partial charge in [-0.25, -0.2) is 0 Å². The molecule has 2 atom stereocenters. The second-order valence-electron chi connectivity index (χ2n) is 5.94. The standard InChI is InChI=1S/C19H24ClN/c1-14(2)19(17-7-5-4-6-8-17)13-21-15(3)16-9-11-18(20)12-10-16/h4-12,14-15,19,21H,13H2,1-3H3/t15-,19?/m0/s1. The molecule has 0 saturated heterocycles. The minimum Gasteiger partial charge on any atom is -0.310 e. The monoisotopic (exact) mass is 301 g/mol. The molecule has 112 valence electrons. The van der Waals surface area contributed by atoms with E-state index >= 15 is 0 Å². The van der Waals surface area contributed by atoms with Crippen molar-refractivity contribution in [3.63, 3.8) is 0 Å². The van der Waals surface area contributed by atoms with Gasteiger partial charge in [-0.15, -0.1) is 0 Å². The molecule has 0 radical (unpaired) electrons. The normalized spacial score (nSPS) is 14.1. The van der Waals surface area contributed by atoms with Gasteiger partial charge in [-0.05, 0) is 42.0 Å². The third-order valence-electron chi connectivity index (χ3n) is 4.05. The van der Waals surface area contributed by atoms with E-state index < -0.39 is 0 Å². The Morgan fingerprint density at radius 1 is 0.857 bits per heavy atom. The van der Waals surface area contributed by atoms with Gasteiger partial charge in [0.1, 0.15) is 0 Å². The largest absolute Gasteiger partial charge is 0.310 e. The van der Waals surface area contributed by atoms with E-state index in [0.717, 1.165) is 11.6 Å². The average molecular weight is 302 g/mol. The smallest absolute Gasteiger partial charge is 0.0406 e. The molecule has 0 heterocycles. The van der Waals surface area contributed by atoms with Crippen molar-refractivity contribution in [1.82, 2.24) is 5.32 Å². The topological polar surface area (TPSA) is 12.0 Å². The van der Waals surface area contributed by atoms with Crippen LogP contribution in [-0.4, -0.2) is 6.54 Å². The lowest BCUT2D eigenvalue weighted by atomic mass is 9.88. The summed E-state index contributed by atoms with van der Waals surface area (Å²) in [5, 5.41) is 4.44. The first-order chi connectivity index (χ1) is 10.1. The van der Waals surface area contributed by atoms with Gasteiger partial charge in [0.05, 0.1) is 0 Å². The van der Waals surface area contributed by atoms with Crippen LogP contribution in [-0.2, 0) is 0 Å². The predicted molar refractivity (Wildman–Crippen MR) is 91.9 cm³/mol. The summed E-state index contributed by atoms with van der Waals surface area (Å²) in [4.78, 5) is 0. The van der Waals surface area contributed by atoms with Crippen LogP contribution in [0.15, 0.2) is 54.6 Å². The highest BCUT2D eigenvalue weighted by Crippen LogP contribution is 2.25. The minimum atomic E-state index is 0.326. The Balaban J connectivity index is 2.00. The summed E-state index contributed by atoms with van der Waals surface area (Å²) in [6, 6.07) is 19.2. The lowest BCUT2D eigenvalue weighted by molar-refractivity contribution is 0.436.